The maximum atomic E-state index is 6.17. The summed E-state index contributed by atoms with van der Waals surface area (Å²) in [5, 5.41) is 0.774. The highest BCUT2D eigenvalue weighted by Crippen LogP contribution is 2.19. The van der Waals surface area contributed by atoms with Gasteiger partial charge < -0.3 is 20.3 Å². The molecule has 140 valence electrons. The Hall–Kier alpha value is -0.730. The number of halogens is 2. The quantitative estimate of drug-likeness (QED) is 0.410. The third-order valence-corrected chi connectivity index (χ3v) is 5.05. The van der Waals surface area contributed by atoms with Crippen molar-refractivity contribution in [2.24, 2.45) is 10.7 Å². The predicted molar refractivity (Wildman–Crippen MR) is 115 cm³/mol. The molecule has 2 heterocycles. The highest BCUT2D eigenvalue weighted by Gasteiger charge is 2.19. The second kappa shape index (κ2) is 10.4. The summed E-state index contributed by atoms with van der Waals surface area (Å²) in [6.07, 6.45) is 4.98. The molecule has 0 spiro atoms. The van der Waals surface area contributed by atoms with E-state index in [0.717, 1.165) is 57.2 Å². The number of ether oxygens (including phenoxy) is 1. The first-order chi connectivity index (χ1) is 11.7. The van der Waals surface area contributed by atoms with E-state index in [2.05, 4.69) is 26.9 Å². The van der Waals surface area contributed by atoms with Crippen molar-refractivity contribution in [3.05, 3.63) is 29.3 Å². The summed E-state index contributed by atoms with van der Waals surface area (Å²) in [7, 11) is 0. The van der Waals surface area contributed by atoms with Gasteiger partial charge in [-0.25, -0.2) is 0 Å². The molecular formula is C18H28ClIN4O. The first-order valence-corrected chi connectivity index (χ1v) is 9.27. The van der Waals surface area contributed by atoms with Crippen molar-refractivity contribution < 1.29 is 4.74 Å². The number of rotatable bonds is 4. The molecule has 2 fully saturated rings. The topological polar surface area (TPSA) is 54.1 Å². The molecule has 0 aromatic heterocycles. The van der Waals surface area contributed by atoms with Gasteiger partial charge in [0.05, 0.1) is 6.10 Å². The molecule has 0 amide bonds. The number of benzene rings is 1. The lowest BCUT2D eigenvalue weighted by molar-refractivity contribution is 0.0129. The van der Waals surface area contributed by atoms with Crippen molar-refractivity contribution in [3.63, 3.8) is 0 Å². The van der Waals surface area contributed by atoms with Gasteiger partial charge in [-0.15, -0.1) is 24.0 Å². The van der Waals surface area contributed by atoms with Crippen LogP contribution in [0.3, 0.4) is 0 Å². The van der Waals surface area contributed by atoms with Crippen LogP contribution in [0.15, 0.2) is 29.3 Å². The Morgan fingerprint density at radius 2 is 1.88 bits per heavy atom. The second-order valence-corrected chi connectivity index (χ2v) is 6.90. The summed E-state index contributed by atoms with van der Waals surface area (Å²) < 4.78 is 5.74. The van der Waals surface area contributed by atoms with Crippen LogP contribution in [0, 0.1) is 0 Å². The van der Waals surface area contributed by atoms with E-state index in [-0.39, 0.29) is 24.0 Å². The number of nitrogens with zero attached hydrogens (tertiary/aromatic N) is 3. The summed E-state index contributed by atoms with van der Waals surface area (Å²) in [5.74, 6) is 0.668. The van der Waals surface area contributed by atoms with Gasteiger partial charge in [0, 0.05) is 50.0 Å². The highest BCUT2D eigenvalue weighted by atomic mass is 127. The van der Waals surface area contributed by atoms with Crippen LogP contribution in [-0.2, 0) is 4.74 Å². The molecular weight excluding hydrogens is 451 g/mol. The molecule has 7 heteroatoms. The van der Waals surface area contributed by atoms with Gasteiger partial charge in [-0.2, -0.15) is 0 Å². The van der Waals surface area contributed by atoms with Gasteiger partial charge in [-0.3, -0.25) is 4.99 Å². The molecule has 2 aliphatic rings. The van der Waals surface area contributed by atoms with Crippen LogP contribution in [0.2, 0.25) is 5.02 Å². The first-order valence-electron chi connectivity index (χ1n) is 8.89. The normalized spacial score (nSPS) is 21.8. The molecule has 0 radical (unpaired) electrons. The Bertz CT molecular complexity index is 541. The Morgan fingerprint density at radius 1 is 1.16 bits per heavy atom. The zero-order valence-electron chi connectivity index (χ0n) is 14.6. The summed E-state index contributed by atoms with van der Waals surface area (Å²) >= 11 is 5.95. The standard InChI is InChI=1S/C18H27ClN4O.HI/c19-15-4-6-16(7-5-15)22-10-12-23(13-11-22)18(20)21-9-8-17-3-1-2-14-24-17;/h4-7,17H,1-3,8-14H2,(H2,20,21);1H. The molecule has 2 aliphatic heterocycles. The van der Waals surface area contributed by atoms with Crippen molar-refractivity contribution in [1.82, 2.24) is 4.90 Å². The SMILES string of the molecule is I.NC(=NCCC1CCCCO1)N1CCN(c2ccc(Cl)cc2)CC1. The Kier molecular flexibility index (Phi) is 8.58. The second-order valence-electron chi connectivity index (χ2n) is 6.47. The molecule has 1 aromatic rings. The van der Waals surface area contributed by atoms with Crippen molar-refractivity contribution in [1.29, 1.82) is 0 Å². The molecule has 5 nitrogen and oxygen atoms in total. The fraction of sp³-hybridized carbons (Fsp3) is 0.611. The average molecular weight is 479 g/mol. The van der Waals surface area contributed by atoms with Gasteiger partial charge in [0.1, 0.15) is 0 Å². The molecule has 2 N–H and O–H groups in total. The fourth-order valence-corrected chi connectivity index (χ4v) is 3.43. The number of hydrogen-bond acceptors (Lipinski definition) is 3. The van der Waals surface area contributed by atoms with Crippen LogP contribution in [0.1, 0.15) is 25.7 Å². The maximum Gasteiger partial charge on any atom is 0.191 e. The lowest BCUT2D eigenvalue weighted by Gasteiger charge is -2.36. The molecule has 0 saturated carbocycles. The van der Waals surface area contributed by atoms with Crippen molar-refractivity contribution in [3.8, 4) is 0 Å². The van der Waals surface area contributed by atoms with Gasteiger partial charge >= 0.3 is 0 Å². The molecule has 0 aliphatic carbocycles. The van der Waals surface area contributed by atoms with Gasteiger partial charge in [-0.1, -0.05) is 11.6 Å². The number of piperazine rings is 1. The Balaban J connectivity index is 0.00000225. The smallest absolute Gasteiger partial charge is 0.191 e. The fourth-order valence-electron chi connectivity index (χ4n) is 3.30. The molecule has 0 bridgehead atoms. The van der Waals surface area contributed by atoms with E-state index in [0.29, 0.717) is 12.1 Å². The van der Waals surface area contributed by atoms with Gasteiger partial charge in [-0.05, 0) is 49.9 Å². The summed E-state index contributed by atoms with van der Waals surface area (Å²) in [6.45, 7) is 5.35. The van der Waals surface area contributed by atoms with Crippen LogP contribution < -0.4 is 10.6 Å². The Morgan fingerprint density at radius 3 is 2.52 bits per heavy atom. The van der Waals surface area contributed by atoms with Crippen molar-refractivity contribution in [2.45, 2.75) is 31.8 Å². The lowest BCUT2D eigenvalue weighted by atomic mass is 10.1. The highest BCUT2D eigenvalue weighted by molar-refractivity contribution is 14.0. The maximum absolute atomic E-state index is 6.17. The van der Waals surface area contributed by atoms with Crippen molar-refractivity contribution in [2.75, 3.05) is 44.2 Å². The average Bonchev–Trinajstić information content (AvgIpc) is 2.63. The monoisotopic (exact) mass is 478 g/mol. The minimum absolute atomic E-state index is 0. The summed E-state index contributed by atoms with van der Waals surface area (Å²) in [6, 6.07) is 8.01. The predicted octanol–water partition coefficient (Wildman–Crippen LogP) is 3.35. The van der Waals surface area contributed by atoms with E-state index >= 15 is 0 Å². The largest absolute Gasteiger partial charge is 0.378 e. The zero-order chi connectivity index (χ0) is 16.8. The van der Waals surface area contributed by atoms with E-state index in [1.165, 1.54) is 18.5 Å². The molecule has 1 atom stereocenters. The zero-order valence-corrected chi connectivity index (χ0v) is 17.7. The third-order valence-electron chi connectivity index (χ3n) is 4.79. The minimum atomic E-state index is 0. The van der Waals surface area contributed by atoms with Crippen LogP contribution in [-0.4, -0.2) is 56.3 Å². The van der Waals surface area contributed by atoms with E-state index in [1.54, 1.807) is 0 Å². The minimum Gasteiger partial charge on any atom is -0.378 e. The van der Waals surface area contributed by atoms with Gasteiger partial charge in [0.15, 0.2) is 5.96 Å². The van der Waals surface area contributed by atoms with E-state index < -0.39 is 0 Å². The summed E-state index contributed by atoms with van der Waals surface area (Å²) in [5.41, 5.74) is 7.38. The van der Waals surface area contributed by atoms with Crippen LogP contribution >= 0.6 is 35.6 Å². The molecule has 2 saturated heterocycles. The molecule has 25 heavy (non-hydrogen) atoms. The number of guanidine groups is 1. The van der Waals surface area contributed by atoms with Crippen LogP contribution in [0.4, 0.5) is 5.69 Å². The molecule has 3 rings (SSSR count). The van der Waals surface area contributed by atoms with E-state index in [1.807, 2.05) is 12.1 Å². The lowest BCUT2D eigenvalue weighted by Crippen LogP contribution is -2.51. The molecule has 1 unspecified atom stereocenters. The number of aliphatic imine (C=N–C) groups is 1. The van der Waals surface area contributed by atoms with E-state index in [4.69, 9.17) is 22.1 Å². The van der Waals surface area contributed by atoms with Crippen LogP contribution in [0.25, 0.3) is 0 Å². The summed E-state index contributed by atoms with van der Waals surface area (Å²) in [4.78, 5) is 9.09. The number of anilines is 1. The number of nitrogens with two attached hydrogens (primary N) is 1. The van der Waals surface area contributed by atoms with Gasteiger partial charge in [0.25, 0.3) is 0 Å². The first kappa shape index (κ1) is 20.6. The Labute approximate surface area is 172 Å². The molecule has 1 aromatic carbocycles. The number of hydrogen-bond donors (Lipinski definition) is 1. The van der Waals surface area contributed by atoms with E-state index in [9.17, 15) is 0 Å². The van der Waals surface area contributed by atoms with Crippen LogP contribution in [0.5, 0.6) is 0 Å². The third kappa shape index (κ3) is 6.18. The van der Waals surface area contributed by atoms with Gasteiger partial charge in [0.2, 0.25) is 0 Å². The van der Waals surface area contributed by atoms with Crippen molar-refractivity contribution >= 4 is 47.2 Å².